The Morgan fingerprint density at radius 1 is 0.848 bits per heavy atom. The highest BCUT2D eigenvalue weighted by Crippen LogP contribution is 2.22. The van der Waals surface area contributed by atoms with Crippen LogP contribution in [0.3, 0.4) is 0 Å². The van der Waals surface area contributed by atoms with Gasteiger partial charge in [0.25, 0.3) is 0 Å². The molecule has 1 aliphatic carbocycles. The number of hydrogen-bond donors (Lipinski definition) is 0. The number of nitrogens with zero attached hydrogens (tertiary/aromatic N) is 4. The minimum Gasteiger partial charge on any atom is -0.283 e. The molecule has 9 nitrogen and oxygen atoms in total. The van der Waals surface area contributed by atoms with Crippen LogP contribution in [0.1, 0.15) is 37.7 Å². The summed E-state index contributed by atoms with van der Waals surface area (Å²) in [4.78, 5) is 41.4. The third kappa shape index (κ3) is 5.51. The number of carbonyl (C=O) groups is 3. The summed E-state index contributed by atoms with van der Waals surface area (Å²) in [5, 5.41) is 0. The van der Waals surface area contributed by atoms with Crippen LogP contribution in [0, 0.1) is 0 Å². The zero-order chi connectivity index (χ0) is 23.4. The van der Waals surface area contributed by atoms with Crippen molar-refractivity contribution in [1.82, 2.24) is 19.0 Å². The Labute approximate surface area is 194 Å². The molecule has 0 N–H and O–H groups in total. The SMILES string of the molecule is O=C1C(=O)N(CN2CCN(S(=O)(=O)Cc3ccccc3)CC2)C(=O)N1CCC1=CCCCC1. The minimum absolute atomic E-state index is 0.00479. The summed E-state index contributed by atoms with van der Waals surface area (Å²) < 4.78 is 26.9. The van der Waals surface area contributed by atoms with Gasteiger partial charge in [-0.1, -0.05) is 42.0 Å². The van der Waals surface area contributed by atoms with Gasteiger partial charge in [-0.15, -0.1) is 0 Å². The summed E-state index contributed by atoms with van der Waals surface area (Å²) >= 11 is 0. The molecule has 1 aromatic carbocycles. The highest BCUT2D eigenvalue weighted by atomic mass is 32.2. The zero-order valence-electron chi connectivity index (χ0n) is 18.7. The molecule has 0 atom stereocenters. The third-order valence-corrected chi connectivity index (χ3v) is 8.28. The Morgan fingerprint density at radius 2 is 1.55 bits per heavy atom. The largest absolute Gasteiger partial charge is 0.335 e. The average molecular weight is 475 g/mol. The fourth-order valence-corrected chi connectivity index (χ4v) is 6.00. The predicted octanol–water partition coefficient (Wildman–Crippen LogP) is 1.77. The lowest BCUT2D eigenvalue weighted by Crippen LogP contribution is -2.52. The summed E-state index contributed by atoms with van der Waals surface area (Å²) in [7, 11) is -3.45. The van der Waals surface area contributed by atoms with E-state index in [4.69, 9.17) is 0 Å². The van der Waals surface area contributed by atoms with Gasteiger partial charge in [-0.3, -0.25) is 19.4 Å². The monoisotopic (exact) mass is 474 g/mol. The molecule has 2 saturated heterocycles. The fraction of sp³-hybridized carbons (Fsp3) is 0.522. The van der Waals surface area contributed by atoms with Crippen LogP contribution in [0.15, 0.2) is 42.0 Å². The van der Waals surface area contributed by atoms with Gasteiger partial charge in [0.15, 0.2) is 0 Å². The van der Waals surface area contributed by atoms with Gasteiger partial charge in [0.2, 0.25) is 10.0 Å². The number of imide groups is 2. The molecule has 3 aliphatic rings. The summed E-state index contributed by atoms with van der Waals surface area (Å²) in [6.45, 7) is 1.53. The van der Waals surface area contributed by atoms with Gasteiger partial charge in [0.05, 0.1) is 12.4 Å². The van der Waals surface area contributed by atoms with E-state index in [9.17, 15) is 22.8 Å². The maximum atomic E-state index is 12.8. The van der Waals surface area contributed by atoms with Crippen LogP contribution in [0.4, 0.5) is 4.79 Å². The van der Waals surface area contributed by atoms with E-state index in [1.54, 1.807) is 12.1 Å². The van der Waals surface area contributed by atoms with Crippen LogP contribution in [-0.4, -0.2) is 84.7 Å². The molecule has 1 aromatic rings. The van der Waals surface area contributed by atoms with E-state index < -0.39 is 27.9 Å². The smallest absolute Gasteiger partial charge is 0.283 e. The van der Waals surface area contributed by atoms with E-state index in [0.29, 0.717) is 19.5 Å². The first-order chi connectivity index (χ1) is 15.8. The molecular weight excluding hydrogens is 444 g/mol. The number of urea groups is 1. The van der Waals surface area contributed by atoms with E-state index in [2.05, 4.69) is 6.08 Å². The second-order valence-corrected chi connectivity index (χ2v) is 10.7. The number of benzene rings is 1. The standard InChI is InChI=1S/C23H30N4O5S/c28-21-22(29)27(23(30)26(21)12-11-19-7-3-1-4-8-19)18-24-13-15-25(16-14-24)33(31,32)17-20-9-5-2-6-10-20/h2,5-7,9-10H,1,3-4,8,11-18H2. The first-order valence-electron chi connectivity index (χ1n) is 11.4. The van der Waals surface area contributed by atoms with Crippen LogP contribution >= 0.6 is 0 Å². The molecule has 178 valence electrons. The molecule has 4 rings (SSSR count). The number of allylic oxidation sites excluding steroid dienone is 1. The molecule has 0 radical (unpaired) electrons. The molecule has 2 aliphatic heterocycles. The van der Waals surface area contributed by atoms with Crippen LogP contribution < -0.4 is 0 Å². The Morgan fingerprint density at radius 3 is 2.21 bits per heavy atom. The van der Waals surface area contributed by atoms with Crippen LogP contribution in [0.25, 0.3) is 0 Å². The Balaban J connectivity index is 1.29. The topological polar surface area (TPSA) is 98.3 Å². The van der Waals surface area contributed by atoms with Crippen molar-refractivity contribution < 1.29 is 22.8 Å². The van der Waals surface area contributed by atoms with Gasteiger partial charge >= 0.3 is 17.8 Å². The molecule has 0 aromatic heterocycles. The number of hydrogen-bond acceptors (Lipinski definition) is 6. The first-order valence-corrected chi connectivity index (χ1v) is 13.1. The molecule has 0 unspecified atom stereocenters. The van der Waals surface area contributed by atoms with Crippen molar-refractivity contribution in [2.75, 3.05) is 39.4 Å². The molecule has 2 heterocycles. The summed E-state index contributed by atoms with van der Waals surface area (Å²) in [5.74, 6) is -1.64. The summed E-state index contributed by atoms with van der Waals surface area (Å²) in [6.07, 6.45) is 7.06. The summed E-state index contributed by atoms with van der Waals surface area (Å²) in [6, 6.07) is 8.44. The van der Waals surface area contributed by atoms with Crippen molar-refractivity contribution in [3.8, 4) is 0 Å². The van der Waals surface area contributed by atoms with Crippen molar-refractivity contribution >= 4 is 27.9 Å². The maximum Gasteiger partial charge on any atom is 0.335 e. The van der Waals surface area contributed by atoms with Gasteiger partial charge in [-0.05, 0) is 37.7 Å². The lowest BCUT2D eigenvalue weighted by Gasteiger charge is -2.35. The van der Waals surface area contributed by atoms with Gasteiger partial charge in [0.1, 0.15) is 0 Å². The second kappa shape index (κ2) is 10.1. The number of amides is 4. The maximum absolute atomic E-state index is 12.8. The predicted molar refractivity (Wildman–Crippen MR) is 122 cm³/mol. The zero-order valence-corrected chi connectivity index (χ0v) is 19.5. The third-order valence-electron chi connectivity index (χ3n) is 6.43. The molecule has 2 fully saturated rings. The molecule has 33 heavy (non-hydrogen) atoms. The van der Waals surface area contributed by atoms with E-state index in [1.807, 2.05) is 23.1 Å². The van der Waals surface area contributed by atoms with E-state index >= 15 is 0 Å². The van der Waals surface area contributed by atoms with Gasteiger partial charge in [-0.25, -0.2) is 18.1 Å². The van der Waals surface area contributed by atoms with E-state index in [0.717, 1.165) is 41.0 Å². The summed E-state index contributed by atoms with van der Waals surface area (Å²) in [5.41, 5.74) is 1.97. The Kier molecular flexibility index (Phi) is 7.26. The molecule has 4 amide bonds. The first kappa shape index (κ1) is 23.6. The number of rotatable bonds is 8. The fourth-order valence-electron chi connectivity index (χ4n) is 4.48. The Bertz CT molecular complexity index is 1030. The van der Waals surface area contributed by atoms with Gasteiger partial charge in [0, 0.05) is 32.7 Å². The van der Waals surface area contributed by atoms with Gasteiger partial charge < -0.3 is 0 Å². The number of carbonyl (C=O) groups excluding carboxylic acids is 3. The Hall–Kier alpha value is -2.56. The van der Waals surface area contributed by atoms with E-state index in [-0.39, 0.29) is 32.1 Å². The average Bonchev–Trinajstić information content (AvgIpc) is 3.02. The number of piperazine rings is 1. The molecule has 10 heteroatoms. The highest BCUT2D eigenvalue weighted by Gasteiger charge is 2.45. The van der Waals surface area contributed by atoms with Crippen molar-refractivity contribution in [1.29, 1.82) is 0 Å². The van der Waals surface area contributed by atoms with Crippen molar-refractivity contribution in [3.05, 3.63) is 47.5 Å². The molecule has 0 saturated carbocycles. The van der Waals surface area contributed by atoms with Crippen LogP contribution in [-0.2, 0) is 25.4 Å². The highest BCUT2D eigenvalue weighted by molar-refractivity contribution is 7.88. The lowest BCUT2D eigenvalue weighted by atomic mass is 9.97. The van der Waals surface area contributed by atoms with E-state index in [1.165, 1.54) is 9.88 Å². The second-order valence-electron chi connectivity index (χ2n) is 8.73. The molecule has 0 spiro atoms. The minimum atomic E-state index is -3.45. The number of sulfonamides is 1. The van der Waals surface area contributed by atoms with Crippen LogP contribution in [0.5, 0.6) is 0 Å². The van der Waals surface area contributed by atoms with Gasteiger partial charge in [-0.2, -0.15) is 4.31 Å². The lowest BCUT2D eigenvalue weighted by molar-refractivity contribution is -0.144. The van der Waals surface area contributed by atoms with Crippen molar-refractivity contribution in [2.24, 2.45) is 0 Å². The quantitative estimate of drug-likeness (QED) is 0.324. The van der Waals surface area contributed by atoms with Crippen molar-refractivity contribution in [2.45, 2.75) is 37.9 Å². The van der Waals surface area contributed by atoms with Crippen LogP contribution in [0.2, 0.25) is 0 Å². The molecule has 0 bridgehead atoms. The van der Waals surface area contributed by atoms with Crippen molar-refractivity contribution in [3.63, 3.8) is 0 Å². The molecular formula is C23H30N4O5S. The normalized spacial score (nSPS) is 21.1.